The number of hydrogen-bond acceptors (Lipinski definition) is 1. The lowest BCUT2D eigenvalue weighted by atomic mass is 9.60. The van der Waals surface area contributed by atoms with Gasteiger partial charge in [-0.2, -0.15) is 0 Å². The van der Waals surface area contributed by atoms with Crippen LogP contribution in [0.2, 0.25) is 0 Å². The summed E-state index contributed by atoms with van der Waals surface area (Å²) < 4.78 is 0. The Morgan fingerprint density at radius 3 is 2.57 bits per heavy atom. The molecule has 0 aromatic carbocycles. The second-order valence-electron chi connectivity index (χ2n) is 6.20. The molecule has 2 unspecified atom stereocenters. The summed E-state index contributed by atoms with van der Waals surface area (Å²) in [7, 11) is 0. The molecule has 1 heteroatoms. The lowest BCUT2D eigenvalue weighted by Crippen LogP contribution is -2.44. The molecule has 2 fully saturated rings. The summed E-state index contributed by atoms with van der Waals surface area (Å²) in [5.74, 6) is 0. The molecule has 0 N–H and O–H groups in total. The maximum Gasteiger partial charge on any atom is 0.0157 e. The molecule has 0 aromatic rings. The first-order valence-corrected chi connectivity index (χ1v) is 6.25. The highest BCUT2D eigenvalue weighted by Gasteiger charge is 2.53. The first kappa shape index (κ1) is 10.5. The third kappa shape index (κ3) is 1.25. The van der Waals surface area contributed by atoms with Crippen LogP contribution in [0.4, 0.5) is 0 Å². The van der Waals surface area contributed by atoms with Crippen LogP contribution < -0.4 is 0 Å². The minimum Gasteiger partial charge on any atom is -0.300 e. The van der Waals surface area contributed by atoms with Crippen molar-refractivity contribution < 1.29 is 0 Å². The van der Waals surface area contributed by atoms with Crippen LogP contribution in [0.15, 0.2) is 0 Å². The molecule has 2 rings (SSSR count). The Morgan fingerprint density at radius 1 is 1.29 bits per heavy atom. The second kappa shape index (κ2) is 3.23. The van der Waals surface area contributed by atoms with Crippen LogP contribution in [0.3, 0.4) is 0 Å². The summed E-state index contributed by atoms with van der Waals surface area (Å²) in [6.45, 7) is 12.4. The summed E-state index contributed by atoms with van der Waals surface area (Å²) >= 11 is 0. The van der Waals surface area contributed by atoms with Gasteiger partial charge >= 0.3 is 0 Å². The smallest absolute Gasteiger partial charge is 0.0157 e. The van der Waals surface area contributed by atoms with Gasteiger partial charge in [0.2, 0.25) is 0 Å². The van der Waals surface area contributed by atoms with Crippen molar-refractivity contribution in [1.82, 2.24) is 4.90 Å². The number of hydrogen-bond donors (Lipinski definition) is 0. The minimum atomic E-state index is 0.478. The van der Waals surface area contributed by atoms with Gasteiger partial charge in [0.05, 0.1) is 0 Å². The fraction of sp³-hybridized carbons (Fsp3) is 1.00. The normalized spacial score (nSPS) is 39.0. The van der Waals surface area contributed by atoms with Crippen LogP contribution in [0, 0.1) is 10.8 Å². The van der Waals surface area contributed by atoms with Crippen molar-refractivity contribution in [3.8, 4) is 0 Å². The molecule has 0 aliphatic carbocycles. The van der Waals surface area contributed by atoms with E-state index in [-0.39, 0.29) is 0 Å². The Hall–Kier alpha value is -0.0400. The molecule has 14 heavy (non-hydrogen) atoms. The van der Waals surface area contributed by atoms with E-state index in [1.165, 1.54) is 38.8 Å². The average Bonchev–Trinajstić information content (AvgIpc) is 2.60. The van der Waals surface area contributed by atoms with E-state index in [1.54, 1.807) is 0 Å². The van der Waals surface area contributed by atoms with Gasteiger partial charge in [0, 0.05) is 6.04 Å². The van der Waals surface area contributed by atoms with Gasteiger partial charge in [-0.25, -0.2) is 0 Å². The lowest BCUT2D eigenvalue weighted by Gasteiger charge is -2.46. The molecule has 2 atom stereocenters. The van der Waals surface area contributed by atoms with Crippen LogP contribution >= 0.6 is 0 Å². The summed E-state index contributed by atoms with van der Waals surface area (Å²) in [4.78, 5) is 2.74. The van der Waals surface area contributed by atoms with Crippen molar-refractivity contribution in [3.05, 3.63) is 0 Å². The highest BCUT2D eigenvalue weighted by Crippen LogP contribution is 2.55. The van der Waals surface area contributed by atoms with Crippen LogP contribution in [0.25, 0.3) is 0 Å². The summed E-state index contributed by atoms with van der Waals surface area (Å²) in [5, 5.41) is 0. The van der Waals surface area contributed by atoms with Crippen molar-refractivity contribution in [1.29, 1.82) is 0 Å². The molecule has 1 nitrogen and oxygen atoms in total. The SMILES string of the molecule is CCC1(C(C)(C)C)CCN2CCCC21. The highest BCUT2D eigenvalue weighted by molar-refractivity contribution is 5.06. The Bertz CT molecular complexity index is 216. The van der Waals surface area contributed by atoms with E-state index in [2.05, 4.69) is 32.6 Å². The van der Waals surface area contributed by atoms with Gasteiger partial charge in [0.15, 0.2) is 0 Å². The Balaban J connectivity index is 2.28. The zero-order valence-corrected chi connectivity index (χ0v) is 10.3. The number of rotatable bonds is 1. The van der Waals surface area contributed by atoms with Crippen molar-refractivity contribution in [2.75, 3.05) is 13.1 Å². The summed E-state index contributed by atoms with van der Waals surface area (Å²) in [6, 6.07) is 0.896. The van der Waals surface area contributed by atoms with Gasteiger partial charge in [0.1, 0.15) is 0 Å². The predicted octanol–water partition coefficient (Wildman–Crippen LogP) is 3.30. The van der Waals surface area contributed by atoms with Crippen LogP contribution in [0.1, 0.15) is 53.4 Å². The fourth-order valence-electron chi connectivity index (χ4n) is 4.05. The first-order valence-electron chi connectivity index (χ1n) is 6.25. The fourth-order valence-corrected chi connectivity index (χ4v) is 4.05. The van der Waals surface area contributed by atoms with Crippen LogP contribution in [-0.2, 0) is 0 Å². The average molecular weight is 195 g/mol. The van der Waals surface area contributed by atoms with E-state index in [1.807, 2.05) is 0 Å². The molecule has 0 saturated carbocycles. The van der Waals surface area contributed by atoms with Gasteiger partial charge in [-0.15, -0.1) is 0 Å². The van der Waals surface area contributed by atoms with E-state index in [9.17, 15) is 0 Å². The topological polar surface area (TPSA) is 3.24 Å². The van der Waals surface area contributed by atoms with E-state index < -0.39 is 0 Å². The van der Waals surface area contributed by atoms with Crippen molar-refractivity contribution in [2.24, 2.45) is 10.8 Å². The van der Waals surface area contributed by atoms with Gasteiger partial charge in [-0.3, -0.25) is 4.90 Å². The van der Waals surface area contributed by atoms with Gasteiger partial charge in [0.25, 0.3) is 0 Å². The molecule has 2 saturated heterocycles. The molecule has 2 heterocycles. The molecular weight excluding hydrogens is 170 g/mol. The van der Waals surface area contributed by atoms with Crippen molar-refractivity contribution >= 4 is 0 Å². The summed E-state index contributed by atoms with van der Waals surface area (Å²) in [5.41, 5.74) is 1.08. The summed E-state index contributed by atoms with van der Waals surface area (Å²) in [6.07, 6.45) is 5.67. The molecule has 0 spiro atoms. The predicted molar refractivity (Wildman–Crippen MR) is 61.4 cm³/mol. The van der Waals surface area contributed by atoms with Gasteiger partial charge < -0.3 is 0 Å². The van der Waals surface area contributed by atoms with Gasteiger partial charge in [-0.05, 0) is 49.6 Å². The van der Waals surface area contributed by atoms with E-state index in [0.717, 1.165) is 6.04 Å². The quantitative estimate of drug-likeness (QED) is 0.620. The van der Waals surface area contributed by atoms with Gasteiger partial charge in [-0.1, -0.05) is 27.7 Å². The van der Waals surface area contributed by atoms with Crippen molar-refractivity contribution in [3.63, 3.8) is 0 Å². The van der Waals surface area contributed by atoms with E-state index in [0.29, 0.717) is 10.8 Å². The molecule has 2 aliphatic rings. The monoisotopic (exact) mass is 195 g/mol. The molecule has 0 radical (unpaired) electrons. The Kier molecular flexibility index (Phi) is 2.42. The Labute approximate surface area is 88.9 Å². The van der Waals surface area contributed by atoms with Crippen LogP contribution in [-0.4, -0.2) is 24.0 Å². The second-order valence-corrected chi connectivity index (χ2v) is 6.20. The van der Waals surface area contributed by atoms with E-state index >= 15 is 0 Å². The minimum absolute atomic E-state index is 0.478. The maximum absolute atomic E-state index is 2.74. The number of nitrogens with zero attached hydrogens (tertiary/aromatic N) is 1. The standard InChI is InChI=1S/C13H25N/c1-5-13(12(2,3)4)8-10-14-9-6-7-11(13)14/h11H,5-10H2,1-4H3. The zero-order valence-electron chi connectivity index (χ0n) is 10.3. The molecule has 2 aliphatic heterocycles. The Morgan fingerprint density at radius 2 is 2.00 bits per heavy atom. The molecular formula is C13H25N. The largest absolute Gasteiger partial charge is 0.300 e. The van der Waals surface area contributed by atoms with E-state index in [4.69, 9.17) is 0 Å². The third-order valence-electron chi connectivity index (χ3n) is 4.97. The van der Waals surface area contributed by atoms with Crippen LogP contribution in [0.5, 0.6) is 0 Å². The van der Waals surface area contributed by atoms with Crippen molar-refractivity contribution in [2.45, 2.75) is 59.4 Å². The molecule has 0 aromatic heterocycles. The molecule has 0 bridgehead atoms. The first-order chi connectivity index (χ1) is 6.51. The number of fused-ring (bicyclic) bond motifs is 1. The zero-order chi connectivity index (χ0) is 10.4. The maximum atomic E-state index is 2.74. The third-order valence-corrected chi connectivity index (χ3v) is 4.97. The lowest BCUT2D eigenvalue weighted by molar-refractivity contribution is 0.0455. The molecule has 0 amide bonds. The molecule has 82 valence electrons. The highest BCUT2D eigenvalue weighted by atomic mass is 15.2.